The number of ether oxygens (including phenoxy) is 1. The van der Waals surface area contributed by atoms with Gasteiger partial charge in [-0.05, 0) is 31.2 Å². The lowest BCUT2D eigenvalue weighted by molar-refractivity contribution is 0.0521. The summed E-state index contributed by atoms with van der Waals surface area (Å²) in [7, 11) is -9.16. The summed E-state index contributed by atoms with van der Waals surface area (Å²) < 4.78 is 65.0. The summed E-state index contributed by atoms with van der Waals surface area (Å²) in [6, 6.07) is 9.35. The number of hydrogen-bond donors (Lipinski definition) is 1. The van der Waals surface area contributed by atoms with Crippen LogP contribution in [0, 0.1) is 0 Å². The van der Waals surface area contributed by atoms with E-state index in [1.807, 2.05) is 0 Å². The van der Waals surface area contributed by atoms with Crippen LogP contribution >= 0.6 is 11.6 Å². The summed E-state index contributed by atoms with van der Waals surface area (Å²) in [4.78, 5) is 11.2. The van der Waals surface area contributed by atoms with Crippen LogP contribution in [0.15, 0.2) is 58.5 Å². The highest BCUT2D eigenvalue weighted by molar-refractivity contribution is 7.90. The standard InChI is InChI=1S/C17H14ClNO7S2/c1-2-26-17(20)13-8-7-11(18)9-15(13)27(21,22)19-10-16(28(23,24)25)12-5-3-4-6-14(12)19/h3-10H,2H2,1H3,(H,23,24,25). The predicted octanol–water partition coefficient (Wildman–Crippen LogP) is 2.96. The van der Waals surface area contributed by atoms with Crippen LogP contribution in [0.1, 0.15) is 17.3 Å². The fraction of sp³-hybridized carbons (Fsp3) is 0.118. The molecule has 0 unspecified atom stereocenters. The maximum atomic E-state index is 13.3. The summed E-state index contributed by atoms with van der Waals surface area (Å²) >= 11 is 5.93. The van der Waals surface area contributed by atoms with Gasteiger partial charge in [-0.1, -0.05) is 29.8 Å². The van der Waals surface area contributed by atoms with Gasteiger partial charge in [0.15, 0.2) is 0 Å². The van der Waals surface area contributed by atoms with Crippen molar-refractivity contribution in [3.05, 3.63) is 59.2 Å². The number of esters is 1. The smallest absolute Gasteiger partial charge is 0.339 e. The second-order valence-electron chi connectivity index (χ2n) is 5.65. The molecular formula is C17H14ClNO7S2. The van der Waals surface area contributed by atoms with Gasteiger partial charge in [-0.2, -0.15) is 8.42 Å². The minimum absolute atomic E-state index is 0.00455. The van der Waals surface area contributed by atoms with Crippen LogP contribution < -0.4 is 0 Å². The molecule has 0 atom stereocenters. The quantitative estimate of drug-likeness (QED) is 0.475. The van der Waals surface area contributed by atoms with Crippen molar-refractivity contribution in [2.75, 3.05) is 6.61 Å². The van der Waals surface area contributed by atoms with E-state index in [9.17, 15) is 26.2 Å². The minimum Gasteiger partial charge on any atom is -0.462 e. The number of rotatable bonds is 5. The van der Waals surface area contributed by atoms with E-state index in [1.54, 1.807) is 6.92 Å². The number of carbonyl (C=O) groups is 1. The van der Waals surface area contributed by atoms with Crippen molar-refractivity contribution in [1.82, 2.24) is 3.97 Å². The van der Waals surface area contributed by atoms with Crippen LogP contribution in [0.4, 0.5) is 0 Å². The SMILES string of the molecule is CCOC(=O)c1ccc(Cl)cc1S(=O)(=O)n1cc(S(=O)(=O)O)c2ccccc21. The van der Waals surface area contributed by atoms with Gasteiger partial charge in [0.1, 0.15) is 9.79 Å². The number of halogens is 1. The zero-order chi connectivity index (χ0) is 20.7. The van der Waals surface area contributed by atoms with Gasteiger partial charge in [0.2, 0.25) is 0 Å². The van der Waals surface area contributed by atoms with E-state index in [-0.39, 0.29) is 28.1 Å². The summed E-state index contributed by atoms with van der Waals surface area (Å²) in [5.41, 5.74) is -0.248. The third kappa shape index (κ3) is 3.51. The fourth-order valence-corrected chi connectivity index (χ4v) is 5.29. The first-order chi connectivity index (χ1) is 13.1. The fourth-order valence-electron chi connectivity index (χ4n) is 2.72. The highest BCUT2D eigenvalue weighted by Gasteiger charge is 2.29. The maximum absolute atomic E-state index is 13.3. The molecule has 3 rings (SSSR count). The molecule has 8 nitrogen and oxygen atoms in total. The summed E-state index contributed by atoms with van der Waals surface area (Å²) in [5.74, 6) is -0.871. The molecule has 0 radical (unpaired) electrons. The number of benzene rings is 2. The van der Waals surface area contributed by atoms with E-state index in [1.165, 1.54) is 36.4 Å². The van der Waals surface area contributed by atoms with E-state index in [0.29, 0.717) is 3.97 Å². The van der Waals surface area contributed by atoms with Crippen LogP contribution in [0.2, 0.25) is 5.02 Å². The van der Waals surface area contributed by atoms with Gasteiger partial charge in [-0.25, -0.2) is 17.2 Å². The van der Waals surface area contributed by atoms with Gasteiger partial charge < -0.3 is 4.74 Å². The van der Waals surface area contributed by atoms with Crippen LogP contribution in [0.25, 0.3) is 10.9 Å². The predicted molar refractivity (Wildman–Crippen MR) is 102 cm³/mol. The topological polar surface area (TPSA) is 120 Å². The van der Waals surface area contributed by atoms with Gasteiger partial charge in [0, 0.05) is 16.6 Å². The molecule has 0 amide bonds. The Morgan fingerprint density at radius 1 is 1.11 bits per heavy atom. The zero-order valence-corrected chi connectivity index (χ0v) is 16.8. The summed E-state index contributed by atoms with van der Waals surface area (Å²) in [6.45, 7) is 1.60. The second-order valence-corrected chi connectivity index (χ2v) is 9.26. The molecule has 0 saturated carbocycles. The molecule has 0 bridgehead atoms. The molecule has 0 spiro atoms. The maximum Gasteiger partial charge on any atom is 0.339 e. The second kappa shape index (κ2) is 7.21. The molecule has 3 aromatic rings. The molecule has 0 aliphatic heterocycles. The number of carbonyl (C=O) groups excluding carboxylic acids is 1. The lowest BCUT2D eigenvalue weighted by Gasteiger charge is -2.12. The van der Waals surface area contributed by atoms with Crippen molar-refractivity contribution in [1.29, 1.82) is 0 Å². The minimum atomic E-state index is -4.70. The summed E-state index contributed by atoms with van der Waals surface area (Å²) in [5, 5.41) is 0.0615. The molecule has 0 saturated heterocycles. The highest BCUT2D eigenvalue weighted by Crippen LogP contribution is 2.31. The van der Waals surface area contributed by atoms with Crippen molar-refractivity contribution in [2.45, 2.75) is 16.7 Å². The van der Waals surface area contributed by atoms with Crippen LogP contribution in [0.5, 0.6) is 0 Å². The molecule has 0 aliphatic rings. The van der Waals surface area contributed by atoms with E-state index in [0.717, 1.165) is 12.3 Å². The Hall–Kier alpha value is -2.40. The van der Waals surface area contributed by atoms with Gasteiger partial charge in [0.25, 0.3) is 20.1 Å². The molecule has 148 valence electrons. The summed E-state index contributed by atoms with van der Waals surface area (Å²) in [6.07, 6.45) is 0.783. The van der Waals surface area contributed by atoms with Gasteiger partial charge in [0.05, 0.1) is 17.7 Å². The van der Waals surface area contributed by atoms with Crippen LogP contribution in [0.3, 0.4) is 0 Å². The van der Waals surface area contributed by atoms with Crippen LogP contribution in [-0.4, -0.2) is 37.9 Å². The first kappa shape index (κ1) is 20.3. The molecule has 28 heavy (non-hydrogen) atoms. The largest absolute Gasteiger partial charge is 0.462 e. The van der Waals surface area contributed by atoms with E-state index >= 15 is 0 Å². The molecule has 11 heteroatoms. The average molecular weight is 444 g/mol. The number of fused-ring (bicyclic) bond motifs is 1. The van der Waals surface area contributed by atoms with Crippen molar-refractivity contribution in [3.63, 3.8) is 0 Å². The van der Waals surface area contributed by atoms with Gasteiger partial charge in [-0.15, -0.1) is 0 Å². The first-order valence-electron chi connectivity index (χ1n) is 7.87. The monoisotopic (exact) mass is 443 g/mol. The Labute approximate surface area is 166 Å². The van der Waals surface area contributed by atoms with Crippen LogP contribution in [-0.2, 0) is 24.9 Å². The van der Waals surface area contributed by atoms with E-state index in [4.69, 9.17) is 16.3 Å². The Morgan fingerprint density at radius 3 is 2.43 bits per heavy atom. The van der Waals surface area contributed by atoms with E-state index in [2.05, 4.69) is 0 Å². The van der Waals surface area contributed by atoms with Gasteiger partial charge in [-0.3, -0.25) is 4.55 Å². The first-order valence-corrected chi connectivity index (χ1v) is 11.1. The lowest BCUT2D eigenvalue weighted by atomic mass is 10.2. The normalized spacial score (nSPS) is 12.2. The molecule has 1 aromatic heterocycles. The molecule has 0 aliphatic carbocycles. The number of para-hydroxylation sites is 1. The highest BCUT2D eigenvalue weighted by atomic mass is 35.5. The van der Waals surface area contributed by atoms with Crippen molar-refractivity contribution >= 4 is 48.6 Å². The Bertz CT molecular complexity index is 1290. The Balaban J connectivity index is 2.35. The number of nitrogens with zero attached hydrogens (tertiary/aromatic N) is 1. The van der Waals surface area contributed by atoms with Crippen molar-refractivity contribution < 1.29 is 30.9 Å². The molecule has 1 heterocycles. The third-order valence-corrected chi connectivity index (χ3v) is 6.73. The number of aromatic nitrogens is 1. The van der Waals surface area contributed by atoms with Gasteiger partial charge >= 0.3 is 5.97 Å². The Morgan fingerprint density at radius 2 is 1.79 bits per heavy atom. The van der Waals surface area contributed by atoms with Crippen molar-refractivity contribution in [2.24, 2.45) is 0 Å². The molecule has 0 fully saturated rings. The Kier molecular flexibility index (Phi) is 5.24. The molecule has 1 N–H and O–H groups in total. The van der Waals surface area contributed by atoms with Crippen molar-refractivity contribution in [3.8, 4) is 0 Å². The molecule has 2 aromatic carbocycles. The van der Waals surface area contributed by atoms with E-state index < -0.39 is 35.9 Å². The number of hydrogen-bond acceptors (Lipinski definition) is 6. The third-order valence-electron chi connectivity index (χ3n) is 3.90. The average Bonchev–Trinajstić information content (AvgIpc) is 3.02. The zero-order valence-electron chi connectivity index (χ0n) is 14.4. The molecular weight excluding hydrogens is 430 g/mol. The lowest BCUT2D eigenvalue weighted by Crippen LogP contribution is -2.17.